The minimum atomic E-state index is 0.0305. The molecular formula is C54H33B3N4. The minimum absolute atomic E-state index is 0.0305. The van der Waals surface area contributed by atoms with Crippen LogP contribution in [0.5, 0.6) is 0 Å². The number of para-hydroxylation sites is 6. The number of rotatable bonds is 2. The van der Waals surface area contributed by atoms with Crippen molar-refractivity contribution in [3.05, 3.63) is 200 Å². The van der Waals surface area contributed by atoms with E-state index in [0.29, 0.717) is 0 Å². The summed E-state index contributed by atoms with van der Waals surface area (Å²) < 4.78 is 0. The molecular weight excluding hydrogens is 737 g/mol. The quantitative estimate of drug-likeness (QED) is 0.176. The molecule has 0 radical (unpaired) electrons. The fourth-order valence-electron chi connectivity index (χ4n) is 12.3. The van der Waals surface area contributed by atoms with Gasteiger partial charge in [0, 0.05) is 68.2 Å². The van der Waals surface area contributed by atoms with Gasteiger partial charge in [-0.05, 0) is 122 Å². The van der Waals surface area contributed by atoms with Crippen LogP contribution in [0.3, 0.4) is 0 Å². The van der Waals surface area contributed by atoms with Gasteiger partial charge in [-0.2, -0.15) is 0 Å². The Morgan fingerprint density at radius 2 is 0.525 bits per heavy atom. The van der Waals surface area contributed by atoms with Crippen LogP contribution in [0.25, 0.3) is 0 Å². The van der Waals surface area contributed by atoms with Crippen molar-refractivity contribution < 1.29 is 0 Å². The van der Waals surface area contributed by atoms with Crippen LogP contribution in [-0.4, -0.2) is 20.1 Å². The minimum Gasteiger partial charge on any atom is -0.312 e. The summed E-state index contributed by atoms with van der Waals surface area (Å²) in [5.41, 5.74) is 27.4. The molecule has 0 fully saturated rings. The molecule has 0 saturated heterocycles. The van der Waals surface area contributed by atoms with Crippen LogP contribution in [0.2, 0.25) is 0 Å². The zero-order chi connectivity index (χ0) is 39.5. The first-order valence-corrected chi connectivity index (χ1v) is 21.5. The fourth-order valence-corrected chi connectivity index (χ4v) is 12.3. The Morgan fingerprint density at radius 3 is 0.918 bits per heavy atom. The molecule has 7 heteroatoms. The van der Waals surface area contributed by atoms with Crippen molar-refractivity contribution in [3.8, 4) is 0 Å². The molecule has 6 aliphatic heterocycles. The highest BCUT2D eigenvalue weighted by Crippen LogP contribution is 2.49. The molecule has 9 aromatic rings. The molecule has 61 heavy (non-hydrogen) atoms. The summed E-state index contributed by atoms with van der Waals surface area (Å²) in [5, 5.41) is 0. The second kappa shape index (κ2) is 11.6. The van der Waals surface area contributed by atoms with E-state index in [1.165, 1.54) is 117 Å². The van der Waals surface area contributed by atoms with Gasteiger partial charge in [-0.3, -0.25) is 0 Å². The zero-order valence-corrected chi connectivity index (χ0v) is 33.1. The molecule has 0 atom stereocenters. The zero-order valence-electron chi connectivity index (χ0n) is 33.1. The number of hydrogen-bond acceptors (Lipinski definition) is 4. The van der Waals surface area contributed by atoms with Crippen molar-refractivity contribution >= 4 is 138 Å². The van der Waals surface area contributed by atoms with Crippen molar-refractivity contribution in [2.45, 2.75) is 0 Å². The van der Waals surface area contributed by atoms with E-state index in [0.717, 1.165) is 0 Å². The summed E-state index contributed by atoms with van der Waals surface area (Å²) >= 11 is 0. The number of nitrogens with zero attached hydrogens (tertiary/aromatic N) is 4. The Kier molecular flexibility index (Phi) is 6.11. The maximum Gasteiger partial charge on any atom is 0.252 e. The Labute approximate surface area is 355 Å². The summed E-state index contributed by atoms with van der Waals surface area (Å²) in [5.74, 6) is 0. The van der Waals surface area contributed by atoms with E-state index < -0.39 is 0 Å². The molecule has 0 N–H and O–H groups in total. The molecule has 0 bridgehead atoms. The second-order valence-corrected chi connectivity index (χ2v) is 17.1. The third-order valence-electron chi connectivity index (χ3n) is 14.4. The third-order valence-corrected chi connectivity index (χ3v) is 14.4. The van der Waals surface area contributed by atoms with E-state index in [1.54, 1.807) is 0 Å². The maximum absolute atomic E-state index is 2.66. The fraction of sp³-hybridized carbons (Fsp3) is 0. The average molecular weight is 770 g/mol. The van der Waals surface area contributed by atoms with Gasteiger partial charge in [-0.25, -0.2) is 0 Å². The highest BCUT2D eigenvalue weighted by molar-refractivity contribution is 7.07. The van der Waals surface area contributed by atoms with Crippen molar-refractivity contribution in [2.75, 3.05) is 19.6 Å². The van der Waals surface area contributed by atoms with Crippen LogP contribution in [0, 0.1) is 0 Å². The molecule has 278 valence electrons. The molecule has 0 aliphatic carbocycles. The monoisotopic (exact) mass is 770 g/mol. The number of anilines is 12. The highest BCUT2D eigenvalue weighted by Gasteiger charge is 2.54. The highest BCUT2D eigenvalue weighted by atomic mass is 15.2. The largest absolute Gasteiger partial charge is 0.312 e. The Hall–Kier alpha value is -7.63. The molecule has 0 unspecified atom stereocenters. The van der Waals surface area contributed by atoms with Gasteiger partial charge in [0.25, 0.3) is 20.1 Å². The Morgan fingerprint density at radius 1 is 0.230 bits per heavy atom. The van der Waals surface area contributed by atoms with Crippen molar-refractivity contribution in [1.82, 2.24) is 0 Å². The summed E-state index contributed by atoms with van der Waals surface area (Å²) in [7, 11) is 0. The van der Waals surface area contributed by atoms with E-state index in [9.17, 15) is 0 Å². The predicted molar refractivity (Wildman–Crippen MR) is 259 cm³/mol. The van der Waals surface area contributed by atoms with Crippen LogP contribution in [0.1, 0.15) is 0 Å². The first kappa shape index (κ1) is 32.3. The van der Waals surface area contributed by atoms with E-state index in [1.807, 2.05) is 0 Å². The van der Waals surface area contributed by atoms with E-state index >= 15 is 0 Å². The summed E-state index contributed by atoms with van der Waals surface area (Å²) in [6.07, 6.45) is 0. The summed E-state index contributed by atoms with van der Waals surface area (Å²) in [4.78, 5) is 10.3. The van der Waals surface area contributed by atoms with Gasteiger partial charge < -0.3 is 19.6 Å². The van der Waals surface area contributed by atoms with Crippen LogP contribution >= 0.6 is 0 Å². The Bertz CT molecular complexity index is 3170. The lowest BCUT2D eigenvalue weighted by molar-refractivity contribution is 1.24. The first-order chi connectivity index (χ1) is 30.3. The standard InChI is InChI=1S/C54H33B3N4/c1-3-17-34(18-4-1)58-42-25-11-7-21-36(42)56-40-33-41-54-52-53(40)60(48-31-15-29-46(58)50(48)56)44-27-13-9-23-38(44)55(52)39-24-10-14-28-45(39)61(54)49-32-16-30-47-51(49)57(41)37-22-8-12-26-43(37)59(47)35-19-5-2-6-20-35/h1-33H. The lowest BCUT2D eigenvalue weighted by atomic mass is 9.25. The van der Waals surface area contributed by atoms with Crippen molar-refractivity contribution in [3.63, 3.8) is 0 Å². The lowest BCUT2D eigenvalue weighted by Gasteiger charge is -2.53. The predicted octanol–water partition coefficient (Wildman–Crippen LogP) is 6.99. The van der Waals surface area contributed by atoms with Gasteiger partial charge >= 0.3 is 0 Å². The first-order valence-electron chi connectivity index (χ1n) is 21.5. The maximum atomic E-state index is 2.66. The number of benzene rings is 9. The lowest BCUT2D eigenvalue weighted by Crippen LogP contribution is -2.72. The summed E-state index contributed by atoms with van der Waals surface area (Å²) in [6.45, 7) is 0.128. The van der Waals surface area contributed by atoms with Crippen LogP contribution in [-0.2, 0) is 0 Å². The van der Waals surface area contributed by atoms with Crippen LogP contribution < -0.4 is 68.8 Å². The SMILES string of the molecule is c1ccc(N2c3ccccc3B3c4cc5c6c7c4N(c4ccccc4B7c4ccccc4N6c4cccc6c4B5c4ccccc4N6c4ccccc4)c4cccc2c43)cc1. The number of fused-ring (bicyclic) bond motifs is 14. The topological polar surface area (TPSA) is 13.0 Å². The van der Waals surface area contributed by atoms with E-state index in [2.05, 4.69) is 220 Å². The molecule has 6 aliphatic rings. The van der Waals surface area contributed by atoms with Gasteiger partial charge in [0.15, 0.2) is 0 Å². The second-order valence-electron chi connectivity index (χ2n) is 17.1. The van der Waals surface area contributed by atoms with Gasteiger partial charge in [0.2, 0.25) is 0 Å². The summed E-state index contributed by atoms with van der Waals surface area (Å²) in [6, 6.07) is 75.2. The van der Waals surface area contributed by atoms with Gasteiger partial charge in [-0.1, -0.05) is 127 Å². The third kappa shape index (κ3) is 3.91. The normalized spacial score (nSPS) is 14.7. The van der Waals surface area contributed by atoms with Crippen molar-refractivity contribution in [1.29, 1.82) is 0 Å². The van der Waals surface area contributed by atoms with Gasteiger partial charge in [0.1, 0.15) is 0 Å². The van der Waals surface area contributed by atoms with E-state index in [-0.39, 0.29) is 20.1 Å². The molecule has 15 rings (SSSR count). The molecule has 6 heterocycles. The van der Waals surface area contributed by atoms with Crippen LogP contribution in [0.15, 0.2) is 200 Å². The molecule has 0 amide bonds. The molecule has 9 aromatic carbocycles. The van der Waals surface area contributed by atoms with Crippen LogP contribution in [0.4, 0.5) is 68.2 Å². The van der Waals surface area contributed by atoms with Crippen molar-refractivity contribution in [2.24, 2.45) is 0 Å². The molecule has 0 saturated carbocycles. The molecule has 4 nitrogen and oxygen atoms in total. The van der Waals surface area contributed by atoms with E-state index in [4.69, 9.17) is 0 Å². The smallest absolute Gasteiger partial charge is 0.252 e. The van der Waals surface area contributed by atoms with Gasteiger partial charge in [-0.15, -0.1) is 0 Å². The van der Waals surface area contributed by atoms with Gasteiger partial charge in [0.05, 0.1) is 0 Å². The average Bonchev–Trinajstić information content (AvgIpc) is 3.33. The Balaban J connectivity index is 1.11. The molecule has 0 aromatic heterocycles. The molecule has 0 spiro atoms. The number of hydrogen-bond donors (Lipinski definition) is 0.